The quantitative estimate of drug-likeness (QED) is 0.751. The Morgan fingerprint density at radius 2 is 1.94 bits per heavy atom. The number of unbranched alkanes of at least 4 members (excludes halogenated alkanes) is 2. The van der Waals surface area contributed by atoms with E-state index in [1.807, 2.05) is 6.92 Å². The van der Waals surface area contributed by atoms with Crippen LogP contribution in [0.3, 0.4) is 0 Å². The molecule has 18 heavy (non-hydrogen) atoms. The Bertz CT molecular complexity index is 393. The van der Waals surface area contributed by atoms with Crippen molar-refractivity contribution in [3.63, 3.8) is 0 Å². The van der Waals surface area contributed by atoms with Gasteiger partial charge < -0.3 is 5.11 Å². The molecule has 1 aliphatic rings. The van der Waals surface area contributed by atoms with E-state index in [-0.39, 0.29) is 0 Å². The van der Waals surface area contributed by atoms with Crippen molar-refractivity contribution >= 4 is 0 Å². The van der Waals surface area contributed by atoms with Gasteiger partial charge in [-0.1, -0.05) is 44.4 Å². The number of hydrogen-bond acceptors (Lipinski definition) is 1. The fourth-order valence-electron chi connectivity index (χ4n) is 3.02. The number of rotatable bonds is 6. The van der Waals surface area contributed by atoms with Gasteiger partial charge in [-0.2, -0.15) is 0 Å². The zero-order chi connectivity index (χ0) is 13.0. The molecule has 1 unspecified atom stereocenters. The van der Waals surface area contributed by atoms with Crippen LogP contribution in [0.4, 0.5) is 0 Å². The minimum atomic E-state index is -0.540. The molecule has 0 amide bonds. The molecule has 0 saturated carbocycles. The van der Waals surface area contributed by atoms with Gasteiger partial charge in [-0.3, -0.25) is 0 Å². The molecule has 0 aliphatic heterocycles. The molecule has 1 aliphatic carbocycles. The first-order valence-electron chi connectivity index (χ1n) is 7.44. The molecular formula is C17H26O. The molecule has 1 aromatic rings. The Morgan fingerprint density at radius 3 is 2.72 bits per heavy atom. The summed E-state index contributed by atoms with van der Waals surface area (Å²) in [5.74, 6) is 0. The van der Waals surface area contributed by atoms with Crippen LogP contribution in [0.15, 0.2) is 18.2 Å². The Kier molecular flexibility index (Phi) is 4.45. The molecule has 100 valence electrons. The Morgan fingerprint density at radius 1 is 1.17 bits per heavy atom. The first kappa shape index (κ1) is 13.6. The zero-order valence-electron chi connectivity index (χ0n) is 11.8. The van der Waals surface area contributed by atoms with Crippen molar-refractivity contribution in [2.24, 2.45) is 0 Å². The highest BCUT2D eigenvalue weighted by atomic mass is 16.3. The molecule has 0 bridgehead atoms. The standard InChI is InChI=1S/C17H26O/c1-3-4-5-11-17(2,18)13-14-9-10-15-7-6-8-16(15)12-14/h9-10,12,18H,3-8,11,13H2,1-2H3. The van der Waals surface area contributed by atoms with Crippen molar-refractivity contribution in [2.45, 2.75) is 70.8 Å². The van der Waals surface area contributed by atoms with Gasteiger partial charge in [-0.25, -0.2) is 0 Å². The first-order chi connectivity index (χ1) is 8.61. The van der Waals surface area contributed by atoms with Crippen LogP contribution < -0.4 is 0 Å². The summed E-state index contributed by atoms with van der Waals surface area (Å²) in [4.78, 5) is 0. The van der Waals surface area contributed by atoms with Crippen molar-refractivity contribution in [2.75, 3.05) is 0 Å². The molecule has 0 saturated heterocycles. The molecule has 0 fully saturated rings. The highest BCUT2D eigenvalue weighted by Gasteiger charge is 2.21. The summed E-state index contributed by atoms with van der Waals surface area (Å²) in [7, 11) is 0. The summed E-state index contributed by atoms with van der Waals surface area (Å²) in [5.41, 5.74) is 3.79. The van der Waals surface area contributed by atoms with Crippen LogP contribution in [0.5, 0.6) is 0 Å². The maximum Gasteiger partial charge on any atom is 0.0660 e. The van der Waals surface area contributed by atoms with Crippen molar-refractivity contribution in [3.8, 4) is 0 Å². The third-order valence-corrected chi connectivity index (χ3v) is 4.07. The normalized spacial score (nSPS) is 17.5. The van der Waals surface area contributed by atoms with Crippen molar-refractivity contribution in [3.05, 3.63) is 34.9 Å². The second kappa shape index (κ2) is 5.88. The largest absolute Gasteiger partial charge is 0.390 e. The van der Waals surface area contributed by atoms with Gasteiger partial charge in [0, 0.05) is 6.42 Å². The van der Waals surface area contributed by atoms with Crippen molar-refractivity contribution in [1.29, 1.82) is 0 Å². The lowest BCUT2D eigenvalue weighted by Crippen LogP contribution is -2.27. The Balaban J connectivity index is 1.95. The minimum Gasteiger partial charge on any atom is -0.390 e. The van der Waals surface area contributed by atoms with Crippen LogP contribution in [0.1, 0.15) is 62.6 Å². The maximum atomic E-state index is 10.4. The maximum absolute atomic E-state index is 10.4. The van der Waals surface area contributed by atoms with E-state index in [1.165, 1.54) is 48.8 Å². The van der Waals surface area contributed by atoms with E-state index < -0.39 is 5.60 Å². The number of hydrogen-bond donors (Lipinski definition) is 1. The summed E-state index contributed by atoms with van der Waals surface area (Å²) in [6.07, 6.45) is 9.04. The van der Waals surface area contributed by atoms with Gasteiger partial charge in [-0.15, -0.1) is 0 Å². The molecule has 1 aromatic carbocycles. The Hall–Kier alpha value is -0.820. The lowest BCUT2D eigenvalue weighted by molar-refractivity contribution is 0.0486. The fourth-order valence-corrected chi connectivity index (χ4v) is 3.02. The first-order valence-corrected chi connectivity index (χ1v) is 7.44. The van der Waals surface area contributed by atoms with Crippen LogP contribution in [-0.2, 0) is 19.3 Å². The number of aliphatic hydroxyl groups is 1. The van der Waals surface area contributed by atoms with Crippen LogP contribution >= 0.6 is 0 Å². The van der Waals surface area contributed by atoms with Crippen LogP contribution in [0, 0.1) is 0 Å². The highest BCUT2D eigenvalue weighted by Crippen LogP contribution is 2.26. The minimum absolute atomic E-state index is 0.540. The molecule has 0 heterocycles. The summed E-state index contributed by atoms with van der Waals surface area (Å²) < 4.78 is 0. The fraction of sp³-hybridized carbons (Fsp3) is 0.647. The summed E-state index contributed by atoms with van der Waals surface area (Å²) >= 11 is 0. The number of aryl methyl sites for hydroxylation is 2. The summed E-state index contributed by atoms with van der Waals surface area (Å²) in [5, 5.41) is 10.4. The van der Waals surface area contributed by atoms with E-state index in [2.05, 4.69) is 25.1 Å². The van der Waals surface area contributed by atoms with Gasteiger partial charge in [0.15, 0.2) is 0 Å². The van der Waals surface area contributed by atoms with Crippen molar-refractivity contribution < 1.29 is 5.11 Å². The second-order valence-corrected chi connectivity index (χ2v) is 6.09. The number of benzene rings is 1. The second-order valence-electron chi connectivity index (χ2n) is 6.09. The number of fused-ring (bicyclic) bond motifs is 1. The van der Waals surface area contributed by atoms with Gasteiger partial charge >= 0.3 is 0 Å². The average Bonchev–Trinajstić information content (AvgIpc) is 2.75. The average molecular weight is 246 g/mol. The van der Waals surface area contributed by atoms with E-state index in [4.69, 9.17) is 0 Å². The third-order valence-electron chi connectivity index (χ3n) is 4.07. The highest BCUT2D eigenvalue weighted by molar-refractivity contribution is 5.35. The van der Waals surface area contributed by atoms with E-state index in [9.17, 15) is 5.11 Å². The van der Waals surface area contributed by atoms with Gasteiger partial charge in [0.05, 0.1) is 5.60 Å². The molecule has 0 aromatic heterocycles. The van der Waals surface area contributed by atoms with Gasteiger partial charge in [0.25, 0.3) is 0 Å². The Labute approximate surface area is 111 Å². The van der Waals surface area contributed by atoms with E-state index in [1.54, 1.807) is 0 Å². The van der Waals surface area contributed by atoms with Crippen LogP contribution in [-0.4, -0.2) is 10.7 Å². The van der Waals surface area contributed by atoms with Gasteiger partial charge in [0.2, 0.25) is 0 Å². The molecule has 1 heteroatoms. The molecule has 1 N–H and O–H groups in total. The van der Waals surface area contributed by atoms with E-state index in [0.717, 1.165) is 19.3 Å². The van der Waals surface area contributed by atoms with E-state index in [0.29, 0.717) is 0 Å². The monoisotopic (exact) mass is 246 g/mol. The van der Waals surface area contributed by atoms with Crippen molar-refractivity contribution in [1.82, 2.24) is 0 Å². The SMILES string of the molecule is CCCCCC(C)(O)Cc1ccc2c(c1)CCC2. The topological polar surface area (TPSA) is 20.2 Å². The molecular weight excluding hydrogens is 220 g/mol. The van der Waals surface area contributed by atoms with E-state index >= 15 is 0 Å². The molecule has 0 spiro atoms. The lowest BCUT2D eigenvalue weighted by Gasteiger charge is -2.23. The van der Waals surface area contributed by atoms with Gasteiger partial charge in [0.1, 0.15) is 0 Å². The third kappa shape index (κ3) is 3.58. The summed E-state index contributed by atoms with van der Waals surface area (Å²) in [6.45, 7) is 4.19. The molecule has 2 rings (SSSR count). The van der Waals surface area contributed by atoms with Crippen LogP contribution in [0.2, 0.25) is 0 Å². The van der Waals surface area contributed by atoms with Crippen LogP contribution in [0.25, 0.3) is 0 Å². The predicted octanol–water partition coefficient (Wildman–Crippen LogP) is 4.05. The van der Waals surface area contributed by atoms with Gasteiger partial charge in [-0.05, 0) is 49.3 Å². The molecule has 1 nitrogen and oxygen atoms in total. The zero-order valence-corrected chi connectivity index (χ0v) is 11.8. The predicted molar refractivity (Wildman–Crippen MR) is 76.9 cm³/mol. The lowest BCUT2D eigenvalue weighted by atomic mass is 9.90. The smallest absolute Gasteiger partial charge is 0.0660 e. The molecule has 1 atom stereocenters. The molecule has 0 radical (unpaired) electrons. The summed E-state index contributed by atoms with van der Waals surface area (Å²) in [6, 6.07) is 6.79.